The van der Waals surface area contributed by atoms with Crippen molar-refractivity contribution >= 4 is 15.8 Å². The Balaban J connectivity index is 1.59. The highest BCUT2D eigenvalue weighted by Gasteiger charge is 2.34. The van der Waals surface area contributed by atoms with Crippen LogP contribution in [0.4, 0.5) is 5.82 Å². The molecule has 2 aliphatic heterocycles. The van der Waals surface area contributed by atoms with Crippen molar-refractivity contribution in [3.8, 4) is 0 Å². The largest absolute Gasteiger partial charge is 0.378 e. The van der Waals surface area contributed by atoms with Crippen LogP contribution in [0.15, 0.2) is 47.5 Å². The number of benzene rings is 1. The summed E-state index contributed by atoms with van der Waals surface area (Å²) in [5.74, 6) is 0.927. The van der Waals surface area contributed by atoms with Crippen LogP contribution < -0.4 is 4.90 Å². The number of rotatable bonds is 4. The highest BCUT2D eigenvalue weighted by atomic mass is 32.2. The van der Waals surface area contributed by atoms with Gasteiger partial charge in [0.2, 0.25) is 10.0 Å². The quantitative estimate of drug-likeness (QED) is 0.788. The van der Waals surface area contributed by atoms with Gasteiger partial charge in [-0.3, -0.25) is 0 Å². The fourth-order valence-electron chi connectivity index (χ4n) is 3.95. The van der Waals surface area contributed by atoms with Gasteiger partial charge in [0.25, 0.3) is 0 Å². The molecule has 150 valence electrons. The number of ether oxygens (including phenoxy) is 1. The van der Waals surface area contributed by atoms with Gasteiger partial charge < -0.3 is 9.64 Å². The van der Waals surface area contributed by atoms with Crippen LogP contribution in [0.25, 0.3) is 0 Å². The molecule has 2 aromatic rings. The first-order valence-corrected chi connectivity index (χ1v) is 11.4. The van der Waals surface area contributed by atoms with Crippen molar-refractivity contribution in [2.75, 3.05) is 37.7 Å². The number of morpholine rings is 1. The molecule has 0 radical (unpaired) electrons. The van der Waals surface area contributed by atoms with Crippen molar-refractivity contribution in [3.05, 3.63) is 53.7 Å². The molecule has 0 bridgehead atoms. The summed E-state index contributed by atoms with van der Waals surface area (Å²) in [6.45, 7) is 5.62. The van der Waals surface area contributed by atoms with E-state index in [1.54, 1.807) is 16.4 Å². The third kappa shape index (κ3) is 3.92. The molecule has 0 aliphatic carbocycles. The van der Waals surface area contributed by atoms with Gasteiger partial charge in [-0.05, 0) is 43.5 Å². The Bertz CT molecular complexity index is 891. The van der Waals surface area contributed by atoms with E-state index in [1.807, 2.05) is 37.4 Å². The van der Waals surface area contributed by atoms with E-state index in [-0.39, 0.29) is 6.04 Å². The number of hydrogen-bond acceptors (Lipinski definition) is 5. The van der Waals surface area contributed by atoms with E-state index in [9.17, 15) is 8.42 Å². The van der Waals surface area contributed by atoms with Gasteiger partial charge in [0.15, 0.2) is 0 Å². The molecule has 6 nitrogen and oxygen atoms in total. The second-order valence-electron chi connectivity index (χ2n) is 7.49. The predicted molar refractivity (Wildman–Crippen MR) is 109 cm³/mol. The number of sulfonamides is 1. The molecule has 1 atom stereocenters. The third-order valence-corrected chi connectivity index (χ3v) is 7.49. The smallest absolute Gasteiger partial charge is 0.243 e. The Morgan fingerprint density at radius 3 is 2.43 bits per heavy atom. The molecule has 0 N–H and O–H groups in total. The molecule has 0 unspecified atom stereocenters. The lowest BCUT2D eigenvalue weighted by Gasteiger charge is -2.35. The average Bonchev–Trinajstić information content (AvgIpc) is 2.75. The summed E-state index contributed by atoms with van der Waals surface area (Å²) in [5, 5.41) is 0. The number of nitrogens with zero attached hydrogens (tertiary/aromatic N) is 3. The lowest BCUT2D eigenvalue weighted by Crippen LogP contribution is -2.39. The number of pyridine rings is 1. The molecule has 2 fully saturated rings. The Morgan fingerprint density at radius 2 is 1.75 bits per heavy atom. The molecule has 0 amide bonds. The normalized spacial score (nSPS) is 21.6. The van der Waals surface area contributed by atoms with Crippen molar-refractivity contribution < 1.29 is 13.2 Å². The molecule has 7 heteroatoms. The van der Waals surface area contributed by atoms with Crippen molar-refractivity contribution in [1.29, 1.82) is 0 Å². The topological polar surface area (TPSA) is 62.7 Å². The molecular formula is C21H27N3O3S. The van der Waals surface area contributed by atoms with Gasteiger partial charge in [-0.25, -0.2) is 13.4 Å². The second-order valence-corrected chi connectivity index (χ2v) is 9.38. The summed E-state index contributed by atoms with van der Waals surface area (Å²) in [6.07, 6.45) is 4.58. The van der Waals surface area contributed by atoms with Crippen LogP contribution in [0, 0.1) is 6.92 Å². The van der Waals surface area contributed by atoms with Crippen LogP contribution in [-0.2, 0) is 14.8 Å². The zero-order valence-corrected chi connectivity index (χ0v) is 17.1. The maximum atomic E-state index is 13.3. The van der Waals surface area contributed by atoms with Crippen molar-refractivity contribution in [1.82, 2.24) is 9.29 Å². The van der Waals surface area contributed by atoms with Crippen LogP contribution in [0.5, 0.6) is 0 Å². The molecule has 0 saturated carbocycles. The molecule has 1 aromatic carbocycles. The minimum Gasteiger partial charge on any atom is -0.378 e. The molecule has 2 saturated heterocycles. The Hall–Kier alpha value is -1.96. The minimum atomic E-state index is -3.53. The standard InChI is InChI=1S/C21H27N3O3S/c1-17-5-8-19(9-6-17)28(25,26)24-11-3-2-4-20(24)18-7-10-21(22-16-18)23-12-14-27-15-13-23/h5-10,16,20H,2-4,11-15H2,1H3/t20-/m1/s1. The third-order valence-electron chi connectivity index (χ3n) is 5.57. The lowest BCUT2D eigenvalue weighted by atomic mass is 9.99. The van der Waals surface area contributed by atoms with E-state index in [1.165, 1.54) is 0 Å². The van der Waals surface area contributed by atoms with Crippen LogP contribution in [0.1, 0.15) is 36.4 Å². The maximum Gasteiger partial charge on any atom is 0.243 e. The van der Waals surface area contributed by atoms with Crippen molar-refractivity contribution in [2.45, 2.75) is 37.1 Å². The summed E-state index contributed by atoms with van der Waals surface area (Å²) < 4.78 is 33.6. The average molecular weight is 402 g/mol. The van der Waals surface area contributed by atoms with Gasteiger partial charge in [0.05, 0.1) is 24.2 Å². The van der Waals surface area contributed by atoms with E-state index < -0.39 is 10.0 Å². The number of hydrogen-bond donors (Lipinski definition) is 0. The van der Waals surface area contributed by atoms with Crippen LogP contribution in [0.3, 0.4) is 0 Å². The van der Waals surface area contributed by atoms with E-state index in [2.05, 4.69) is 9.88 Å². The first-order valence-electron chi connectivity index (χ1n) is 9.93. The van der Waals surface area contributed by atoms with Gasteiger partial charge in [-0.2, -0.15) is 4.31 Å². The summed E-state index contributed by atoms with van der Waals surface area (Å²) in [4.78, 5) is 7.19. The monoisotopic (exact) mass is 401 g/mol. The zero-order valence-electron chi connectivity index (χ0n) is 16.3. The summed E-state index contributed by atoms with van der Waals surface area (Å²) in [7, 11) is -3.53. The predicted octanol–water partition coefficient (Wildman–Crippen LogP) is 3.14. The summed E-state index contributed by atoms with van der Waals surface area (Å²) >= 11 is 0. The summed E-state index contributed by atoms with van der Waals surface area (Å²) in [5.41, 5.74) is 2.02. The number of aromatic nitrogens is 1. The van der Waals surface area contributed by atoms with Gasteiger partial charge in [-0.15, -0.1) is 0 Å². The maximum absolute atomic E-state index is 13.3. The Morgan fingerprint density at radius 1 is 1.00 bits per heavy atom. The molecule has 3 heterocycles. The highest BCUT2D eigenvalue weighted by molar-refractivity contribution is 7.89. The van der Waals surface area contributed by atoms with E-state index >= 15 is 0 Å². The minimum absolute atomic E-state index is 0.161. The first-order chi connectivity index (χ1) is 13.6. The molecule has 4 rings (SSSR count). The molecule has 0 spiro atoms. The van der Waals surface area contributed by atoms with Crippen molar-refractivity contribution in [3.63, 3.8) is 0 Å². The zero-order chi connectivity index (χ0) is 19.6. The molecule has 2 aliphatic rings. The van der Waals surface area contributed by atoms with Crippen molar-refractivity contribution in [2.24, 2.45) is 0 Å². The van der Waals surface area contributed by atoms with E-state index in [0.717, 1.165) is 49.3 Å². The molecule has 1 aromatic heterocycles. The van der Waals surface area contributed by atoms with Gasteiger partial charge >= 0.3 is 0 Å². The van der Waals surface area contributed by atoms with Gasteiger partial charge in [0.1, 0.15) is 5.82 Å². The Labute approximate surface area is 167 Å². The lowest BCUT2D eigenvalue weighted by molar-refractivity contribution is 0.122. The SMILES string of the molecule is Cc1ccc(S(=O)(=O)N2CCCC[C@@H]2c2ccc(N3CCOCC3)nc2)cc1. The number of anilines is 1. The fourth-order valence-corrected chi connectivity index (χ4v) is 5.63. The van der Waals surface area contributed by atoms with E-state index in [0.29, 0.717) is 24.7 Å². The van der Waals surface area contributed by atoms with E-state index in [4.69, 9.17) is 4.74 Å². The molecular weight excluding hydrogens is 374 g/mol. The van der Waals surface area contributed by atoms with Crippen LogP contribution in [0.2, 0.25) is 0 Å². The molecule has 28 heavy (non-hydrogen) atoms. The second kappa shape index (κ2) is 8.19. The fraction of sp³-hybridized carbons (Fsp3) is 0.476. The van der Waals surface area contributed by atoms with Crippen LogP contribution >= 0.6 is 0 Å². The summed E-state index contributed by atoms with van der Waals surface area (Å²) in [6, 6.07) is 11.0. The first kappa shape index (κ1) is 19.4. The van der Waals surface area contributed by atoms with Gasteiger partial charge in [0, 0.05) is 25.8 Å². The number of piperidine rings is 1. The Kier molecular flexibility index (Phi) is 5.66. The van der Waals surface area contributed by atoms with Gasteiger partial charge in [-0.1, -0.05) is 30.2 Å². The van der Waals surface area contributed by atoms with Crippen LogP contribution in [-0.4, -0.2) is 50.6 Å². The highest BCUT2D eigenvalue weighted by Crippen LogP contribution is 2.35. The number of aryl methyl sites for hydroxylation is 1.